The Morgan fingerprint density at radius 3 is 2.39 bits per heavy atom. The number of ether oxygens (including phenoxy) is 2. The average Bonchev–Trinajstić information content (AvgIpc) is 2.96. The number of hydrogen-bond donors (Lipinski definition) is 1. The summed E-state index contributed by atoms with van der Waals surface area (Å²) in [6.07, 6.45) is 1.79. The maximum absolute atomic E-state index is 12.4. The van der Waals surface area contributed by atoms with Crippen molar-refractivity contribution in [2.45, 2.75) is 45.0 Å². The lowest BCUT2D eigenvalue weighted by Gasteiger charge is -2.35. The molecule has 0 aliphatic carbocycles. The number of carbonyl (C=O) groups is 1. The number of nitrogens with zero attached hydrogens (tertiary/aromatic N) is 2. The highest BCUT2D eigenvalue weighted by molar-refractivity contribution is 5.85. The molecule has 138 valence electrons. The average molecular weight is 372 g/mol. The zero-order valence-electron chi connectivity index (χ0n) is 14.1. The molecular weight excluding hydrogens is 341 g/mol. The van der Waals surface area contributed by atoms with Crippen LogP contribution in [0.1, 0.15) is 26.7 Å². The lowest BCUT2D eigenvalue weighted by molar-refractivity contribution is -0.144. The minimum atomic E-state index is -0.269. The molecule has 2 heterocycles. The molecule has 0 aromatic heterocycles. The summed E-state index contributed by atoms with van der Waals surface area (Å²) in [5.41, 5.74) is 5.59. The van der Waals surface area contributed by atoms with Gasteiger partial charge in [-0.2, -0.15) is 0 Å². The van der Waals surface area contributed by atoms with Crippen LogP contribution in [-0.2, 0) is 14.3 Å². The molecule has 8 heteroatoms. The van der Waals surface area contributed by atoms with Gasteiger partial charge in [-0.15, -0.1) is 24.8 Å². The summed E-state index contributed by atoms with van der Waals surface area (Å²) in [6.45, 7) is 9.71. The molecule has 0 spiro atoms. The number of halogens is 2. The van der Waals surface area contributed by atoms with E-state index >= 15 is 0 Å². The highest BCUT2D eigenvalue weighted by Crippen LogP contribution is 2.21. The molecule has 0 radical (unpaired) electrons. The van der Waals surface area contributed by atoms with Crippen molar-refractivity contribution in [1.82, 2.24) is 9.80 Å². The van der Waals surface area contributed by atoms with Gasteiger partial charge in [0.25, 0.3) is 5.91 Å². The first kappa shape index (κ1) is 22.9. The van der Waals surface area contributed by atoms with Gasteiger partial charge in [0.05, 0.1) is 18.8 Å². The Balaban J connectivity index is 0.00000242. The van der Waals surface area contributed by atoms with Crippen molar-refractivity contribution < 1.29 is 14.3 Å². The Labute approximate surface area is 151 Å². The van der Waals surface area contributed by atoms with Gasteiger partial charge in [0, 0.05) is 39.3 Å². The van der Waals surface area contributed by atoms with E-state index in [1.807, 2.05) is 18.7 Å². The van der Waals surface area contributed by atoms with Crippen LogP contribution < -0.4 is 5.73 Å². The summed E-state index contributed by atoms with van der Waals surface area (Å²) in [7, 11) is 0. The standard InChI is InChI=1S/C15H29N3O3.2ClH/c1-12(2)20-10-9-17-5-7-18(8-6-17)15(19)14-4-3-13(11-16)21-14;;/h12-14H,3-11,16H2,1-2H3;2*1H/t13-,14+;;/m1../s1. The number of piperazine rings is 1. The predicted molar refractivity (Wildman–Crippen MR) is 95.6 cm³/mol. The maximum Gasteiger partial charge on any atom is 0.251 e. The van der Waals surface area contributed by atoms with Crippen LogP contribution in [0.15, 0.2) is 0 Å². The fourth-order valence-electron chi connectivity index (χ4n) is 2.87. The second kappa shape index (κ2) is 11.4. The minimum absolute atomic E-state index is 0. The zero-order chi connectivity index (χ0) is 15.2. The molecule has 0 unspecified atom stereocenters. The van der Waals surface area contributed by atoms with Gasteiger partial charge in [0.1, 0.15) is 6.10 Å². The van der Waals surface area contributed by atoms with Gasteiger partial charge < -0.3 is 20.1 Å². The SMILES string of the molecule is CC(C)OCCN1CCN(C(=O)[C@@H]2CC[C@H](CN)O2)CC1.Cl.Cl. The topological polar surface area (TPSA) is 68.0 Å². The Kier molecular flexibility index (Phi) is 11.4. The third-order valence-electron chi connectivity index (χ3n) is 4.19. The quantitative estimate of drug-likeness (QED) is 0.751. The van der Waals surface area contributed by atoms with E-state index in [0.717, 1.165) is 52.2 Å². The fourth-order valence-corrected chi connectivity index (χ4v) is 2.87. The Morgan fingerprint density at radius 1 is 1.22 bits per heavy atom. The summed E-state index contributed by atoms with van der Waals surface area (Å²) in [4.78, 5) is 16.7. The summed E-state index contributed by atoms with van der Waals surface area (Å²) in [6, 6.07) is 0. The van der Waals surface area contributed by atoms with Gasteiger partial charge in [0.15, 0.2) is 0 Å². The lowest BCUT2D eigenvalue weighted by atomic mass is 10.1. The minimum Gasteiger partial charge on any atom is -0.377 e. The number of nitrogens with two attached hydrogens (primary N) is 1. The second-order valence-electron chi connectivity index (χ2n) is 6.15. The van der Waals surface area contributed by atoms with Crippen LogP contribution in [0.25, 0.3) is 0 Å². The fraction of sp³-hybridized carbons (Fsp3) is 0.933. The molecule has 2 aliphatic heterocycles. The van der Waals surface area contributed by atoms with Gasteiger partial charge in [-0.25, -0.2) is 0 Å². The summed E-state index contributed by atoms with van der Waals surface area (Å²) in [5, 5.41) is 0. The Bertz CT molecular complexity index is 340. The van der Waals surface area contributed by atoms with E-state index in [1.165, 1.54) is 0 Å². The molecule has 0 saturated carbocycles. The predicted octanol–water partition coefficient (Wildman–Crippen LogP) is 0.906. The van der Waals surface area contributed by atoms with Gasteiger partial charge in [-0.3, -0.25) is 9.69 Å². The monoisotopic (exact) mass is 371 g/mol. The molecule has 6 nitrogen and oxygen atoms in total. The first-order chi connectivity index (χ1) is 10.1. The van der Waals surface area contributed by atoms with Gasteiger partial charge in [-0.05, 0) is 26.7 Å². The van der Waals surface area contributed by atoms with Crippen molar-refractivity contribution >= 4 is 30.7 Å². The van der Waals surface area contributed by atoms with Crippen molar-refractivity contribution in [2.75, 3.05) is 45.9 Å². The normalized spacial score (nSPS) is 25.1. The van der Waals surface area contributed by atoms with Crippen LogP contribution in [0, 0.1) is 0 Å². The molecule has 2 N–H and O–H groups in total. The van der Waals surface area contributed by atoms with Crippen molar-refractivity contribution in [1.29, 1.82) is 0 Å². The molecule has 2 atom stereocenters. The summed E-state index contributed by atoms with van der Waals surface area (Å²) in [5.74, 6) is 0.143. The molecule has 0 aromatic carbocycles. The summed E-state index contributed by atoms with van der Waals surface area (Å²) >= 11 is 0. The van der Waals surface area contributed by atoms with Crippen molar-refractivity contribution in [3.05, 3.63) is 0 Å². The number of hydrogen-bond acceptors (Lipinski definition) is 5. The van der Waals surface area contributed by atoms with Gasteiger partial charge >= 0.3 is 0 Å². The highest BCUT2D eigenvalue weighted by atomic mass is 35.5. The molecule has 2 aliphatic rings. The van der Waals surface area contributed by atoms with Crippen LogP contribution in [0.2, 0.25) is 0 Å². The molecule has 0 aromatic rings. The maximum atomic E-state index is 12.4. The molecule has 2 saturated heterocycles. The van der Waals surface area contributed by atoms with E-state index in [0.29, 0.717) is 6.54 Å². The zero-order valence-corrected chi connectivity index (χ0v) is 15.7. The van der Waals surface area contributed by atoms with E-state index in [9.17, 15) is 4.79 Å². The third kappa shape index (κ3) is 7.11. The van der Waals surface area contributed by atoms with Gasteiger partial charge in [0.2, 0.25) is 0 Å². The van der Waals surface area contributed by atoms with Crippen LogP contribution >= 0.6 is 24.8 Å². The molecule has 2 fully saturated rings. The largest absolute Gasteiger partial charge is 0.377 e. The first-order valence-corrected chi connectivity index (χ1v) is 8.08. The van der Waals surface area contributed by atoms with Crippen LogP contribution in [0.5, 0.6) is 0 Å². The second-order valence-corrected chi connectivity index (χ2v) is 6.15. The molecule has 1 amide bonds. The molecular formula is C15H31Cl2N3O3. The van der Waals surface area contributed by atoms with E-state index in [4.69, 9.17) is 15.2 Å². The van der Waals surface area contributed by atoms with E-state index < -0.39 is 0 Å². The third-order valence-corrected chi connectivity index (χ3v) is 4.19. The lowest BCUT2D eigenvalue weighted by Crippen LogP contribution is -2.52. The van der Waals surface area contributed by atoms with Gasteiger partial charge in [-0.1, -0.05) is 0 Å². The van der Waals surface area contributed by atoms with Crippen molar-refractivity contribution in [3.63, 3.8) is 0 Å². The molecule has 23 heavy (non-hydrogen) atoms. The summed E-state index contributed by atoms with van der Waals surface area (Å²) < 4.78 is 11.3. The Morgan fingerprint density at radius 2 is 1.87 bits per heavy atom. The van der Waals surface area contributed by atoms with Crippen molar-refractivity contribution in [3.8, 4) is 0 Å². The van der Waals surface area contributed by atoms with E-state index in [2.05, 4.69) is 4.90 Å². The number of amides is 1. The van der Waals surface area contributed by atoms with Crippen LogP contribution in [0.3, 0.4) is 0 Å². The Hall–Kier alpha value is -0.110. The van der Waals surface area contributed by atoms with E-state index in [-0.39, 0.29) is 49.0 Å². The van der Waals surface area contributed by atoms with E-state index in [1.54, 1.807) is 0 Å². The van der Waals surface area contributed by atoms with Crippen LogP contribution in [-0.4, -0.2) is 79.9 Å². The first-order valence-electron chi connectivity index (χ1n) is 8.08. The number of rotatable bonds is 6. The molecule has 0 bridgehead atoms. The smallest absolute Gasteiger partial charge is 0.251 e. The highest BCUT2D eigenvalue weighted by Gasteiger charge is 2.33. The van der Waals surface area contributed by atoms with Crippen molar-refractivity contribution in [2.24, 2.45) is 5.73 Å². The molecule has 2 rings (SSSR count). The number of carbonyl (C=O) groups excluding carboxylic acids is 1. The van der Waals surface area contributed by atoms with Crippen LogP contribution in [0.4, 0.5) is 0 Å².